The van der Waals surface area contributed by atoms with Crippen molar-refractivity contribution in [2.24, 2.45) is 0 Å². The van der Waals surface area contributed by atoms with E-state index >= 15 is 0 Å². The first-order valence-corrected chi connectivity index (χ1v) is 9.98. The molecule has 1 aromatic heterocycles. The van der Waals surface area contributed by atoms with Crippen molar-refractivity contribution in [2.75, 3.05) is 5.75 Å². The van der Waals surface area contributed by atoms with Gasteiger partial charge < -0.3 is 5.32 Å². The van der Waals surface area contributed by atoms with Gasteiger partial charge >= 0.3 is 0 Å². The number of aromatic nitrogens is 1. The maximum Gasteiger partial charge on any atom is 0.230 e. The van der Waals surface area contributed by atoms with E-state index in [9.17, 15) is 4.79 Å². The second kappa shape index (κ2) is 8.32. The van der Waals surface area contributed by atoms with Gasteiger partial charge in [-0.3, -0.25) is 4.79 Å². The minimum atomic E-state index is 0.00807. The Balaban J connectivity index is 1.53. The van der Waals surface area contributed by atoms with Crippen LogP contribution in [0.5, 0.6) is 0 Å². The van der Waals surface area contributed by atoms with Gasteiger partial charge in [-0.1, -0.05) is 71.9 Å². The highest BCUT2D eigenvalue weighted by Gasteiger charge is 2.11. The molecule has 0 aliphatic rings. The average Bonchev–Trinajstić information content (AvgIpc) is 3.10. The van der Waals surface area contributed by atoms with Gasteiger partial charge in [0, 0.05) is 10.9 Å². The molecule has 0 bridgehead atoms. The Kier molecular flexibility index (Phi) is 5.89. The Morgan fingerprint density at radius 3 is 2.60 bits per heavy atom. The van der Waals surface area contributed by atoms with Crippen molar-refractivity contribution in [3.63, 3.8) is 0 Å². The van der Waals surface area contributed by atoms with E-state index in [0.717, 1.165) is 21.2 Å². The Hall–Kier alpha value is -2.11. The van der Waals surface area contributed by atoms with Crippen LogP contribution in [0.1, 0.15) is 24.1 Å². The largest absolute Gasteiger partial charge is 0.349 e. The Morgan fingerprint density at radius 1 is 1.16 bits per heavy atom. The summed E-state index contributed by atoms with van der Waals surface area (Å²) in [6, 6.07) is 18.3. The van der Waals surface area contributed by atoms with Crippen molar-refractivity contribution in [1.29, 1.82) is 0 Å². The number of thioether (sulfide) groups is 1. The molecular formula is C20H20N2OS2. The molecule has 128 valence electrons. The highest BCUT2D eigenvalue weighted by atomic mass is 32.2. The predicted molar refractivity (Wildman–Crippen MR) is 106 cm³/mol. The molecule has 1 atom stereocenters. The maximum atomic E-state index is 12.2. The molecule has 0 saturated heterocycles. The zero-order chi connectivity index (χ0) is 17.6. The molecule has 0 aliphatic heterocycles. The quantitative estimate of drug-likeness (QED) is 0.616. The summed E-state index contributed by atoms with van der Waals surface area (Å²) in [7, 11) is 0. The number of hydrogen-bond acceptors (Lipinski definition) is 4. The van der Waals surface area contributed by atoms with Gasteiger partial charge in [-0.2, -0.15) is 0 Å². The summed E-state index contributed by atoms with van der Waals surface area (Å²) in [4.78, 5) is 16.8. The van der Waals surface area contributed by atoms with Gasteiger partial charge in [0.15, 0.2) is 4.34 Å². The van der Waals surface area contributed by atoms with Crippen LogP contribution in [0, 0.1) is 6.92 Å². The number of nitrogens with zero attached hydrogens (tertiary/aromatic N) is 1. The van der Waals surface area contributed by atoms with E-state index in [1.807, 2.05) is 42.6 Å². The van der Waals surface area contributed by atoms with E-state index in [1.54, 1.807) is 11.3 Å². The number of carbonyl (C=O) groups is 1. The van der Waals surface area contributed by atoms with Crippen molar-refractivity contribution in [3.05, 3.63) is 71.1 Å². The number of hydrogen-bond donors (Lipinski definition) is 1. The van der Waals surface area contributed by atoms with Crippen LogP contribution in [-0.4, -0.2) is 16.6 Å². The van der Waals surface area contributed by atoms with Gasteiger partial charge in [0.05, 0.1) is 17.5 Å². The van der Waals surface area contributed by atoms with Gasteiger partial charge in [0.2, 0.25) is 5.91 Å². The molecule has 1 amide bonds. The van der Waals surface area contributed by atoms with E-state index in [-0.39, 0.29) is 11.9 Å². The van der Waals surface area contributed by atoms with Crippen LogP contribution in [-0.2, 0) is 4.79 Å². The lowest BCUT2D eigenvalue weighted by atomic mass is 10.1. The van der Waals surface area contributed by atoms with Gasteiger partial charge in [-0.25, -0.2) is 4.98 Å². The fourth-order valence-electron chi connectivity index (χ4n) is 2.42. The molecule has 0 spiro atoms. The summed E-state index contributed by atoms with van der Waals surface area (Å²) in [6.07, 6.45) is 0. The monoisotopic (exact) mass is 368 g/mol. The van der Waals surface area contributed by atoms with Crippen molar-refractivity contribution in [2.45, 2.75) is 24.2 Å². The molecule has 0 aliphatic carbocycles. The van der Waals surface area contributed by atoms with Crippen LogP contribution in [0.25, 0.3) is 11.3 Å². The van der Waals surface area contributed by atoms with Crippen LogP contribution < -0.4 is 5.32 Å². The molecule has 3 rings (SSSR count). The average molecular weight is 369 g/mol. The van der Waals surface area contributed by atoms with Crippen LogP contribution in [0.2, 0.25) is 0 Å². The van der Waals surface area contributed by atoms with E-state index < -0.39 is 0 Å². The zero-order valence-electron chi connectivity index (χ0n) is 14.2. The minimum absolute atomic E-state index is 0.00807. The molecule has 2 aromatic carbocycles. The van der Waals surface area contributed by atoms with E-state index in [2.05, 4.69) is 41.5 Å². The van der Waals surface area contributed by atoms with E-state index in [0.29, 0.717) is 5.75 Å². The topological polar surface area (TPSA) is 42.0 Å². The molecule has 0 fully saturated rings. The molecule has 5 heteroatoms. The SMILES string of the molecule is Cc1ccc(-c2csc(SCC(=O)N[C@H](C)c3ccccc3)n2)cc1. The summed E-state index contributed by atoms with van der Waals surface area (Å²) < 4.78 is 0.915. The number of thiazole rings is 1. The second-order valence-corrected chi connectivity index (χ2v) is 7.93. The van der Waals surface area contributed by atoms with Crippen molar-refractivity contribution < 1.29 is 4.79 Å². The van der Waals surface area contributed by atoms with E-state index in [1.165, 1.54) is 17.3 Å². The number of nitrogens with one attached hydrogen (secondary N) is 1. The highest BCUT2D eigenvalue weighted by molar-refractivity contribution is 8.01. The fraction of sp³-hybridized carbons (Fsp3) is 0.200. The van der Waals surface area contributed by atoms with E-state index in [4.69, 9.17) is 0 Å². The third-order valence-electron chi connectivity index (χ3n) is 3.83. The fourth-order valence-corrected chi connectivity index (χ4v) is 4.06. The van der Waals surface area contributed by atoms with Crippen LogP contribution in [0.3, 0.4) is 0 Å². The number of carbonyl (C=O) groups excluding carboxylic acids is 1. The van der Waals surface area contributed by atoms with Crippen molar-refractivity contribution in [1.82, 2.24) is 10.3 Å². The molecule has 25 heavy (non-hydrogen) atoms. The molecule has 1 N–H and O–H groups in total. The molecule has 3 aromatic rings. The first-order chi connectivity index (χ1) is 12.1. The van der Waals surface area contributed by atoms with Crippen molar-refractivity contribution >= 4 is 29.0 Å². The molecule has 3 nitrogen and oxygen atoms in total. The summed E-state index contributed by atoms with van der Waals surface area (Å²) >= 11 is 3.06. The second-order valence-electron chi connectivity index (χ2n) is 5.85. The smallest absolute Gasteiger partial charge is 0.230 e. The number of rotatable bonds is 6. The Morgan fingerprint density at radius 2 is 1.88 bits per heavy atom. The maximum absolute atomic E-state index is 12.2. The number of aryl methyl sites for hydroxylation is 1. The van der Waals surface area contributed by atoms with Gasteiger partial charge in [-0.15, -0.1) is 11.3 Å². The molecular weight excluding hydrogens is 348 g/mol. The third-order valence-corrected chi connectivity index (χ3v) is 5.86. The first kappa shape index (κ1) is 17.7. The minimum Gasteiger partial charge on any atom is -0.349 e. The van der Waals surface area contributed by atoms with Gasteiger partial charge in [0.25, 0.3) is 0 Å². The summed E-state index contributed by atoms with van der Waals surface area (Å²) in [5.74, 6) is 0.395. The van der Waals surface area contributed by atoms with Crippen LogP contribution in [0.15, 0.2) is 64.3 Å². The summed E-state index contributed by atoms with van der Waals surface area (Å²) in [6.45, 7) is 4.07. The lowest BCUT2D eigenvalue weighted by Gasteiger charge is -2.13. The van der Waals surface area contributed by atoms with Gasteiger partial charge in [0.1, 0.15) is 0 Å². The number of amides is 1. The standard InChI is InChI=1S/C20H20N2OS2/c1-14-8-10-17(11-9-14)18-12-24-20(22-18)25-13-19(23)21-15(2)16-6-4-3-5-7-16/h3-12,15H,13H2,1-2H3,(H,21,23)/t15-/m1/s1. The Labute approximate surface area is 156 Å². The zero-order valence-corrected chi connectivity index (χ0v) is 15.9. The van der Waals surface area contributed by atoms with Crippen LogP contribution in [0.4, 0.5) is 0 Å². The van der Waals surface area contributed by atoms with Crippen molar-refractivity contribution in [3.8, 4) is 11.3 Å². The first-order valence-electron chi connectivity index (χ1n) is 8.11. The molecule has 0 unspecified atom stereocenters. The molecule has 1 heterocycles. The third kappa shape index (κ3) is 4.94. The van der Waals surface area contributed by atoms with Crippen LogP contribution >= 0.6 is 23.1 Å². The lowest BCUT2D eigenvalue weighted by molar-refractivity contribution is -0.119. The predicted octanol–water partition coefficient (Wildman–Crippen LogP) is 5.09. The number of benzene rings is 2. The Bertz CT molecular complexity index is 828. The normalized spacial score (nSPS) is 11.9. The van der Waals surface area contributed by atoms with Gasteiger partial charge in [-0.05, 0) is 19.4 Å². The summed E-state index contributed by atoms with van der Waals surface area (Å²) in [5.41, 5.74) is 4.41. The summed E-state index contributed by atoms with van der Waals surface area (Å²) in [5, 5.41) is 5.07. The molecule has 0 saturated carbocycles. The highest BCUT2D eigenvalue weighted by Crippen LogP contribution is 2.28. The lowest BCUT2D eigenvalue weighted by Crippen LogP contribution is -2.28. The molecule has 0 radical (unpaired) electrons.